The number of phosphoric acid groups is 3. The van der Waals surface area contributed by atoms with Crippen molar-refractivity contribution in [1.29, 1.82) is 0 Å². The van der Waals surface area contributed by atoms with Gasteiger partial charge in [0.15, 0.2) is 12.7 Å². The molecule has 56 heavy (non-hydrogen) atoms. The number of fused-ring (bicyclic) bond motifs is 2. The Morgan fingerprint density at radius 1 is 0.696 bits per heavy atom. The molecule has 6 rings (SSSR count). The molecule has 0 aromatic carbocycles. The van der Waals surface area contributed by atoms with Gasteiger partial charge in [0.2, 0.25) is 23.5 Å². The standard InChI is InChI=1S/C23H33N10O20P3/c24-22-28-16-10(18(38)30-22)26-5-32(16)20-14(36)12(34)8(51-20)3-49-55(43,44)47-1-7(53-54(40,41)42)2-48-56(45,46)50-4-9-13(35)15(37)21(52-9)33-6-27-11-17(33)29-23(25)31-19(11)39/h5-9,12-15,20-21,34-37H,1-4H2,(H10,24,25,28,29,30,31,38,39,40,41,42,43,44,45,46)/p+2/t8-,9-,12-,13-,14-,15-,20-,21-/m1/s1. The quantitative estimate of drug-likeness (QED) is 0.0368. The first-order valence-electron chi connectivity index (χ1n) is 15.7. The monoisotopic (exact) mass is 864 g/mol. The Morgan fingerprint density at radius 2 is 1.09 bits per heavy atom. The number of nitrogens with two attached hydrogens (primary N) is 2. The molecule has 2 aliphatic rings. The summed E-state index contributed by atoms with van der Waals surface area (Å²) >= 11 is 0. The van der Waals surface area contributed by atoms with Crippen molar-refractivity contribution in [3.63, 3.8) is 0 Å². The molecule has 2 saturated heterocycles. The lowest BCUT2D eigenvalue weighted by Gasteiger charge is -2.22. The second kappa shape index (κ2) is 16.0. The third-order valence-electron chi connectivity index (χ3n) is 8.18. The molecule has 0 bridgehead atoms. The lowest BCUT2D eigenvalue weighted by atomic mass is 10.1. The maximum Gasteiger partial charge on any atom is 0.472 e. The number of rotatable bonds is 16. The average molecular weight is 865 g/mol. The highest BCUT2D eigenvalue weighted by atomic mass is 31.2. The van der Waals surface area contributed by atoms with E-state index in [9.17, 15) is 63.3 Å². The summed E-state index contributed by atoms with van der Waals surface area (Å²) in [5, 5.41) is 42.2. The van der Waals surface area contributed by atoms with Crippen LogP contribution >= 0.6 is 23.5 Å². The van der Waals surface area contributed by atoms with Crippen LogP contribution in [0.3, 0.4) is 0 Å². The van der Waals surface area contributed by atoms with Crippen LogP contribution in [0, 0.1) is 0 Å². The largest absolute Gasteiger partial charge is 0.472 e. The summed E-state index contributed by atoms with van der Waals surface area (Å²) in [5.41, 5.74) is 9.59. The van der Waals surface area contributed by atoms with E-state index in [4.69, 9.17) is 39.0 Å². The van der Waals surface area contributed by atoms with E-state index >= 15 is 0 Å². The summed E-state index contributed by atoms with van der Waals surface area (Å²) in [6, 6.07) is 0. The normalized spacial score (nSPS) is 28.5. The number of nitrogens with zero attached hydrogens (tertiary/aromatic N) is 4. The van der Waals surface area contributed by atoms with Gasteiger partial charge in [-0.1, -0.05) is 9.97 Å². The lowest BCUT2D eigenvalue weighted by molar-refractivity contribution is -0.745. The molecule has 33 heteroatoms. The number of nitrogen functional groups attached to an aromatic ring is 2. The van der Waals surface area contributed by atoms with Gasteiger partial charge in [-0.05, 0) is 0 Å². The lowest BCUT2D eigenvalue weighted by Crippen LogP contribution is -2.46. The number of imidazole rings is 2. The van der Waals surface area contributed by atoms with E-state index in [1.807, 2.05) is 0 Å². The third kappa shape index (κ3) is 9.23. The molecular formula is C23H35N10O20P3+2. The smallest absolute Gasteiger partial charge is 0.387 e. The maximum atomic E-state index is 12.6. The number of aliphatic hydroxyl groups excluding tert-OH is 4. The first-order chi connectivity index (χ1) is 26.1. The zero-order valence-corrected chi connectivity index (χ0v) is 30.6. The Morgan fingerprint density at radius 3 is 1.46 bits per heavy atom. The minimum absolute atomic E-state index is 0.0566. The maximum absolute atomic E-state index is 12.6. The number of H-pyrrole nitrogens is 4. The fourth-order valence-electron chi connectivity index (χ4n) is 5.63. The second-order valence-electron chi connectivity index (χ2n) is 12.1. The fraction of sp³-hybridized carbons (Fsp3) is 0.565. The predicted molar refractivity (Wildman–Crippen MR) is 175 cm³/mol. The minimum atomic E-state index is -5.42. The number of aromatic nitrogens is 8. The van der Waals surface area contributed by atoms with Crippen LogP contribution in [0.5, 0.6) is 0 Å². The SMILES string of the molecule is Nc1nc2c([nH]c[n+]2[C@@H]2O[C@H](COP(=O)(O)OCC(COP(=O)(O)OC[C@H]3O[C@@H]([n+]4c[nH]c5c(=O)[nH]c(N)nc54)[C@H](O)[C@@H]3O)OP(=O)(O)O)[C@@H](O)[C@H]2O)c(=O)[nH]1. The number of hydrogen-bond donors (Lipinski definition) is 14. The van der Waals surface area contributed by atoms with Crippen LogP contribution in [-0.4, -0.2) is 139 Å². The summed E-state index contributed by atoms with van der Waals surface area (Å²) in [6.07, 6.45) is -12.4. The molecule has 4 aromatic rings. The second-order valence-corrected chi connectivity index (χ2v) is 16.2. The minimum Gasteiger partial charge on any atom is -0.387 e. The van der Waals surface area contributed by atoms with Crippen molar-refractivity contribution in [2.75, 3.05) is 37.9 Å². The van der Waals surface area contributed by atoms with Crippen LogP contribution < -0.4 is 31.7 Å². The van der Waals surface area contributed by atoms with Crippen LogP contribution in [0.1, 0.15) is 12.5 Å². The van der Waals surface area contributed by atoms with Crippen LogP contribution in [0.25, 0.3) is 22.3 Å². The molecule has 30 nitrogen and oxygen atoms in total. The number of hydrogen-bond acceptors (Lipinski definition) is 20. The molecule has 0 radical (unpaired) electrons. The summed E-state index contributed by atoms with van der Waals surface area (Å²) in [6.45, 7) is -4.30. The number of phosphoric ester groups is 3. The Kier molecular flexibility index (Phi) is 12.0. The summed E-state index contributed by atoms with van der Waals surface area (Å²) < 4.78 is 73.7. The predicted octanol–water partition coefficient (Wildman–Crippen LogP) is -5.76. The van der Waals surface area contributed by atoms with Crippen LogP contribution in [0.15, 0.2) is 22.2 Å². The van der Waals surface area contributed by atoms with E-state index in [0.717, 1.165) is 9.13 Å². The van der Waals surface area contributed by atoms with Gasteiger partial charge in [-0.15, -0.1) is 0 Å². The zero-order chi connectivity index (χ0) is 40.9. The third-order valence-corrected chi connectivity index (χ3v) is 10.7. The molecule has 0 amide bonds. The Labute approximate surface area is 309 Å². The topological polar surface area (TPSA) is 461 Å². The molecule has 2 fully saturated rings. The Balaban J connectivity index is 1.02. The van der Waals surface area contributed by atoms with E-state index in [1.54, 1.807) is 0 Å². The van der Waals surface area contributed by atoms with Crippen LogP contribution in [0.2, 0.25) is 0 Å². The van der Waals surface area contributed by atoms with Gasteiger partial charge >= 0.3 is 34.8 Å². The molecule has 0 aliphatic carbocycles. The highest BCUT2D eigenvalue weighted by molar-refractivity contribution is 7.47. The highest BCUT2D eigenvalue weighted by Gasteiger charge is 2.49. The Hall–Kier alpha value is -3.61. The molecule has 2 unspecified atom stereocenters. The van der Waals surface area contributed by atoms with Crippen molar-refractivity contribution in [3.8, 4) is 0 Å². The zero-order valence-electron chi connectivity index (χ0n) is 27.9. The molecule has 16 N–H and O–H groups in total. The number of aliphatic hydroxyl groups is 4. The van der Waals surface area contributed by atoms with Crippen molar-refractivity contribution in [1.82, 2.24) is 29.9 Å². The van der Waals surface area contributed by atoms with Gasteiger partial charge in [-0.2, -0.15) is 0 Å². The van der Waals surface area contributed by atoms with Crippen molar-refractivity contribution < 1.29 is 94.9 Å². The summed E-state index contributed by atoms with van der Waals surface area (Å²) in [5.74, 6) is -0.549. The average Bonchev–Trinajstić information content (AvgIpc) is 3.85. The van der Waals surface area contributed by atoms with E-state index < -0.39 is 116 Å². The number of ether oxygens (including phenoxy) is 2. The van der Waals surface area contributed by atoms with Crippen molar-refractivity contribution in [2.24, 2.45) is 0 Å². The van der Waals surface area contributed by atoms with Gasteiger partial charge < -0.3 is 60.9 Å². The van der Waals surface area contributed by atoms with E-state index in [2.05, 4.69) is 34.4 Å². The number of aromatic amines is 4. The van der Waals surface area contributed by atoms with Gasteiger partial charge in [-0.25, -0.2) is 22.8 Å². The number of nitrogens with one attached hydrogen (secondary N) is 4. The van der Waals surface area contributed by atoms with E-state index in [1.165, 1.54) is 12.7 Å². The summed E-state index contributed by atoms with van der Waals surface area (Å²) in [4.78, 5) is 80.9. The van der Waals surface area contributed by atoms with E-state index in [0.29, 0.717) is 0 Å². The van der Waals surface area contributed by atoms with Crippen LogP contribution in [-0.2, 0) is 45.8 Å². The van der Waals surface area contributed by atoms with E-state index in [-0.39, 0.29) is 34.2 Å². The first-order valence-corrected chi connectivity index (χ1v) is 20.2. The highest BCUT2D eigenvalue weighted by Crippen LogP contribution is 2.48. The molecule has 0 saturated carbocycles. The van der Waals surface area contributed by atoms with Gasteiger partial charge in [-0.3, -0.25) is 52.1 Å². The molecule has 0 spiro atoms. The number of anilines is 2. The van der Waals surface area contributed by atoms with Gasteiger partial charge in [0.25, 0.3) is 23.0 Å². The molecule has 10 atom stereocenters. The van der Waals surface area contributed by atoms with Crippen molar-refractivity contribution in [2.45, 2.75) is 55.2 Å². The van der Waals surface area contributed by atoms with Gasteiger partial charge in [0, 0.05) is 0 Å². The van der Waals surface area contributed by atoms with Crippen molar-refractivity contribution in [3.05, 3.63) is 33.4 Å². The summed E-state index contributed by atoms with van der Waals surface area (Å²) in [7, 11) is -15.8. The van der Waals surface area contributed by atoms with Crippen LogP contribution in [0.4, 0.5) is 11.9 Å². The van der Waals surface area contributed by atoms with Gasteiger partial charge in [0.05, 0.1) is 26.4 Å². The molecule has 2 aliphatic heterocycles. The molecule has 310 valence electrons. The van der Waals surface area contributed by atoms with Gasteiger partial charge in [0.1, 0.15) is 42.7 Å². The fourth-order valence-corrected chi connectivity index (χ4v) is 7.67. The molecular weight excluding hydrogens is 829 g/mol. The van der Waals surface area contributed by atoms with Crippen molar-refractivity contribution >= 4 is 57.7 Å². The molecule has 6 heterocycles. The first kappa shape index (κ1) is 42.0. The molecule has 4 aromatic heterocycles. The Bertz CT molecular complexity index is 2180.